The first-order chi connectivity index (χ1) is 11.5. The predicted molar refractivity (Wildman–Crippen MR) is 92.0 cm³/mol. The summed E-state index contributed by atoms with van der Waals surface area (Å²) < 4.78 is 31.0. The Labute approximate surface area is 143 Å². The normalized spacial score (nSPS) is 17.0. The van der Waals surface area contributed by atoms with E-state index in [0.717, 1.165) is 32.5 Å². The van der Waals surface area contributed by atoms with Gasteiger partial charge >= 0.3 is 0 Å². The van der Waals surface area contributed by atoms with Crippen molar-refractivity contribution >= 4 is 9.84 Å². The molecule has 7 heteroatoms. The van der Waals surface area contributed by atoms with Gasteiger partial charge in [0.1, 0.15) is 12.4 Å². The van der Waals surface area contributed by atoms with Gasteiger partial charge in [0.15, 0.2) is 9.84 Å². The summed E-state index contributed by atoms with van der Waals surface area (Å²) in [4.78, 5) is 6.79. The van der Waals surface area contributed by atoms with E-state index in [1.165, 1.54) is 6.26 Å². The second-order valence-electron chi connectivity index (χ2n) is 6.18. The third-order valence-electron chi connectivity index (χ3n) is 4.41. The fourth-order valence-electron chi connectivity index (χ4n) is 3.01. The summed E-state index contributed by atoms with van der Waals surface area (Å²) in [5.41, 5.74) is 0. The van der Waals surface area contributed by atoms with Crippen LogP contribution >= 0.6 is 0 Å². The maximum atomic E-state index is 11.6. The number of ether oxygens (including phenoxy) is 1. The second kappa shape index (κ2) is 7.36. The van der Waals surface area contributed by atoms with E-state index in [9.17, 15) is 8.42 Å². The van der Waals surface area contributed by atoms with E-state index in [4.69, 9.17) is 4.74 Å². The zero-order chi connectivity index (χ0) is 17.0. The number of nitrogens with zero attached hydrogens (tertiary/aromatic N) is 3. The van der Waals surface area contributed by atoms with Crippen molar-refractivity contribution in [3.63, 3.8) is 0 Å². The van der Waals surface area contributed by atoms with E-state index in [1.54, 1.807) is 24.3 Å². The number of piperidine rings is 1. The molecule has 1 aliphatic heterocycles. The van der Waals surface area contributed by atoms with Crippen molar-refractivity contribution in [2.75, 3.05) is 32.5 Å². The molecule has 0 aliphatic carbocycles. The van der Waals surface area contributed by atoms with Crippen LogP contribution in [0, 0.1) is 0 Å². The summed E-state index contributed by atoms with van der Waals surface area (Å²) in [5.74, 6) is 0.603. The maximum Gasteiger partial charge on any atom is 0.175 e. The average Bonchev–Trinajstić information content (AvgIpc) is 3.10. The first-order valence-corrected chi connectivity index (χ1v) is 10.0. The lowest BCUT2D eigenvalue weighted by Gasteiger charge is -2.32. The molecular formula is C17H23N3O3S. The monoisotopic (exact) mass is 349 g/mol. The Morgan fingerprint density at radius 3 is 2.75 bits per heavy atom. The van der Waals surface area contributed by atoms with Gasteiger partial charge in [-0.15, -0.1) is 0 Å². The Kier molecular flexibility index (Phi) is 5.20. The lowest BCUT2D eigenvalue weighted by atomic mass is 10.1. The fraction of sp³-hybridized carbons (Fsp3) is 0.471. The standard InChI is InChI=1S/C17H23N3O3S/c1-24(21,22)17-4-2-3-16(13-17)23-12-11-19-8-5-15(6-9-19)20-10-7-18-14-20/h2-4,7,10,13-15H,5-6,8-9,11-12H2,1H3. The Morgan fingerprint density at radius 1 is 1.29 bits per heavy atom. The van der Waals surface area contributed by atoms with Gasteiger partial charge in [0, 0.05) is 44.3 Å². The lowest BCUT2D eigenvalue weighted by Crippen LogP contribution is -2.37. The van der Waals surface area contributed by atoms with Crippen LogP contribution in [0.2, 0.25) is 0 Å². The summed E-state index contributed by atoms with van der Waals surface area (Å²) in [6.45, 7) is 3.48. The Hall–Kier alpha value is -1.86. The highest BCUT2D eigenvalue weighted by atomic mass is 32.2. The molecule has 1 aliphatic rings. The topological polar surface area (TPSA) is 64.4 Å². The SMILES string of the molecule is CS(=O)(=O)c1cccc(OCCN2CCC(n3ccnc3)CC2)c1. The first kappa shape index (κ1) is 17.0. The van der Waals surface area contributed by atoms with Gasteiger partial charge in [0.2, 0.25) is 0 Å². The molecular weight excluding hydrogens is 326 g/mol. The number of hydrogen-bond acceptors (Lipinski definition) is 5. The highest BCUT2D eigenvalue weighted by Gasteiger charge is 2.19. The number of aromatic nitrogens is 2. The van der Waals surface area contributed by atoms with E-state index in [2.05, 4.69) is 14.5 Å². The van der Waals surface area contributed by atoms with Crippen molar-refractivity contribution in [2.24, 2.45) is 0 Å². The van der Waals surface area contributed by atoms with E-state index in [1.807, 2.05) is 18.7 Å². The van der Waals surface area contributed by atoms with E-state index in [-0.39, 0.29) is 0 Å². The van der Waals surface area contributed by atoms with E-state index >= 15 is 0 Å². The Bertz CT molecular complexity index is 751. The minimum absolute atomic E-state index is 0.293. The van der Waals surface area contributed by atoms with Crippen LogP contribution in [0.1, 0.15) is 18.9 Å². The van der Waals surface area contributed by atoms with Crippen molar-refractivity contribution in [3.8, 4) is 5.75 Å². The molecule has 130 valence electrons. The maximum absolute atomic E-state index is 11.6. The van der Waals surface area contributed by atoms with Crippen LogP contribution in [0.4, 0.5) is 0 Å². The van der Waals surface area contributed by atoms with Crippen LogP contribution in [-0.4, -0.2) is 55.4 Å². The molecule has 0 N–H and O–H groups in total. The van der Waals surface area contributed by atoms with Crippen LogP contribution in [0.3, 0.4) is 0 Å². The molecule has 1 aromatic heterocycles. The average molecular weight is 349 g/mol. The lowest BCUT2D eigenvalue weighted by molar-refractivity contribution is 0.157. The van der Waals surface area contributed by atoms with Gasteiger partial charge in [-0.05, 0) is 31.0 Å². The van der Waals surface area contributed by atoms with Gasteiger partial charge < -0.3 is 9.30 Å². The summed E-state index contributed by atoms with van der Waals surface area (Å²) in [7, 11) is -3.20. The number of rotatable bonds is 6. The molecule has 2 heterocycles. The number of likely N-dealkylation sites (tertiary alicyclic amines) is 1. The molecule has 0 atom stereocenters. The Balaban J connectivity index is 1.44. The minimum Gasteiger partial charge on any atom is -0.492 e. The predicted octanol–water partition coefficient (Wildman–Crippen LogP) is 2.00. The van der Waals surface area contributed by atoms with Crippen molar-refractivity contribution in [1.82, 2.24) is 14.5 Å². The van der Waals surface area contributed by atoms with Gasteiger partial charge in [0.05, 0.1) is 11.2 Å². The van der Waals surface area contributed by atoms with Crippen LogP contribution in [0.25, 0.3) is 0 Å². The molecule has 0 bridgehead atoms. The zero-order valence-electron chi connectivity index (χ0n) is 13.8. The summed E-state index contributed by atoms with van der Waals surface area (Å²) in [5, 5.41) is 0. The minimum atomic E-state index is -3.20. The first-order valence-electron chi connectivity index (χ1n) is 8.15. The molecule has 0 amide bonds. The summed E-state index contributed by atoms with van der Waals surface area (Å²) in [6.07, 6.45) is 9.16. The van der Waals surface area contributed by atoms with Gasteiger partial charge in [-0.2, -0.15) is 0 Å². The summed E-state index contributed by atoms with van der Waals surface area (Å²) >= 11 is 0. The smallest absolute Gasteiger partial charge is 0.175 e. The third-order valence-corrected chi connectivity index (χ3v) is 5.52. The molecule has 0 spiro atoms. The second-order valence-corrected chi connectivity index (χ2v) is 8.19. The van der Waals surface area contributed by atoms with Crippen molar-refractivity contribution in [3.05, 3.63) is 43.0 Å². The van der Waals surface area contributed by atoms with Crippen LogP contribution in [0.5, 0.6) is 5.75 Å². The van der Waals surface area contributed by atoms with Crippen LogP contribution in [0.15, 0.2) is 47.9 Å². The number of sulfone groups is 1. The molecule has 1 saturated heterocycles. The Morgan fingerprint density at radius 2 is 2.08 bits per heavy atom. The van der Waals surface area contributed by atoms with Crippen LogP contribution < -0.4 is 4.74 Å². The highest BCUT2D eigenvalue weighted by molar-refractivity contribution is 7.90. The highest BCUT2D eigenvalue weighted by Crippen LogP contribution is 2.22. The van der Waals surface area contributed by atoms with Gasteiger partial charge in [-0.3, -0.25) is 4.90 Å². The molecule has 0 radical (unpaired) electrons. The zero-order valence-corrected chi connectivity index (χ0v) is 14.7. The molecule has 6 nitrogen and oxygen atoms in total. The molecule has 2 aromatic rings. The molecule has 1 aromatic carbocycles. The van der Waals surface area contributed by atoms with Gasteiger partial charge in [-0.25, -0.2) is 13.4 Å². The van der Waals surface area contributed by atoms with Crippen molar-refractivity contribution in [2.45, 2.75) is 23.8 Å². The molecule has 3 rings (SSSR count). The number of hydrogen-bond donors (Lipinski definition) is 0. The fourth-order valence-corrected chi connectivity index (χ4v) is 3.67. The van der Waals surface area contributed by atoms with Crippen molar-refractivity contribution in [1.29, 1.82) is 0 Å². The largest absolute Gasteiger partial charge is 0.492 e. The van der Waals surface area contributed by atoms with E-state index < -0.39 is 9.84 Å². The molecule has 1 fully saturated rings. The number of imidazole rings is 1. The quantitative estimate of drug-likeness (QED) is 0.798. The van der Waals surface area contributed by atoms with Crippen LogP contribution in [-0.2, 0) is 9.84 Å². The number of benzene rings is 1. The molecule has 24 heavy (non-hydrogen) atoms. The van der Waals surface area contributed by atoms with Gasteiger partial charge in [0.25, 0.3) is 0 Å². The third kappa shape index (κ3) is 4.36. The van der Waals surface area contributed by atoms with Crippen molar-refractivity contribution < 1.29 is 13.2 Å². The van der Waals surface area contributed by atoms with E-state index in [0.29, 0.717) is 23.3 Å². The molecule has 0 unspecified atom stereocenters. The van der Waals surface area contributed by atoms with Gasteiger partial charge in [-0.1, -0.05) is 6.07 Å². The molecule has 0 saturated carbocycles. The summed E-state index contributed by atoms with van der Waals surface area (Å²) in [6, 6.07) is 7.21.